The van der Waals surface area contributed by atoms with Gasteiger partial charge in [-0.1, -0.05) is 6.07 Å². The largest absolute Gasteiger partial charge is 0.504 e. The molecule has 0 aliphatic heterocycles. The molecule has 1 rings (SSSR count). The van der Waals surface area contributed by atoms with Gasteiger partial charge in [0.15, 0.2) is 11.5 Å². The molecule has 0 aliphatic carbocycles. The third-order valence-electron chi connectivity index (χ3n) is 1.37. The van der Waals surface area contributed by atoms with Crippen LogP contribution in [0.1, 0.15) is 0 Å². The maximum atomic E-state index is 10.4. The van der Waals surface area contributed by atoms with Crippen molar-refractivity contribution in [3.05, 3.63) is 18.2 Å². The molecular weight excluding hydrogens is 174 g/mol. The van der Waals surface area contributed by atoms with E-state index in [-0.39, 0.29) is 17.2 Å². The number of carbonyl (C=O) groups is 1. The summed E-state index contributed by atoms with van der Waals surface area (Å²) in [6, 6.07) is 4.38. The van der Waals surface area contributed by atoms with Crippen LogP contribution in [0.25, 0.3) is 0 Å². The lowest BCUT2D eigenvalue weighted by atomic mass is 10.3. The normalized spacial score (nSPS) is 9.31. The molecule has 13 heavy (non-hydrogen) atoms. The van der Waals surface area contributed by atoms with Crippen LogP contribution in [0.15, 0.2) is 18.2 Å². The van der Waals surface area contributed by atoms with Gasteiger partial charge >= 0.3 is 6.09 Å². The number of aromatic hydroxyl groups is 1. The standard InChI is InChI=1S/C8H9NO4/c1-12-7-5(10)3-2-4-6(7)13-8(9)11/h2-4,10H,1H3,(H2,9,11). The fourth-order valence-electron chi connectivity index (χ4n) is 0.898. The van der Waals surface area contributed by atoms with Gasteiger partial charge in [-0.15, -0.1) is 0 Å². The first-order valence-electron chi connectivity index (χ1n) is 3.48. The van der Waals surface area contributed by atoms with Crippen LogP contribution in [0.5, 0.6) is 17.2 Å². The number of hydrogen-bond donors (Lipinski definition) is 2. The molecule has 5 heteroatoms. The Balaban J connectivity index is 3.05. The van der Waals surface area contributed by atoms with Gasteiger partial charge in [0.25, 0.3) is 0 Å². The number of hydrogen-bond acceptors (Lipinski definition) is 4. The van der Waals surface area contributed by atoms with E-state index in [1.54, 1.807) is 0 Å². The molecule has 5 nitrogen and oxygen atoms in total. The number of para-hydroxylation sites is 1. The maximum Gasteiger partial charge on any atom is 0.410 e. The number of phenols is 1. The summed E-state index contributed by atoms with van der Waals surface area (Å²) in [5.74, 6) is 0.0672. The third kappa shape index (κ3) is 2.02. The van der Waals surface area contributed by atoms with Gasteiger partial charge in [-0.25, -0.2) is 4.79 Å². The Hall–Kier alpha value is -1.91. The van der Waals surface area contributed by atoms with Gasteiger partial charge in [0.05, 0.1) is 7.11 Å². The van der Waals surface area contributed by atoms with Crippen LogP contribution < -0.4 is 15.2 Å². The summed E-state index contributed by atoms with van der Waals surface area (Å²) in [5.41, 5.74) is 4.80. The molecule has 1 amide bonds. The van der Waals surface area contributed by atoms with Crippen LogP contribution >= 0.6 is 0 Å². The lowest BCUT2D eigenvalue weighted by Crippen LogP contribution is -2.16. The predicted molar refractivity (Wildman–Crippen MR) is 44.9 cm³/mol. The monoisotopic (exact) mass is 183 g/mol. The highest BCUT2D eigenvalue weighted by molar-refractivity contribution is 5.70. The summed E-state index contributed by atoms with van der Waals surface area (Å²) in [6.45, 7) is 0. The number of phenolic OH excluding ortho intramolecular Hbond substituents is 1. The molecule has 0 spiro atoms. The van der Waals surface area contributed by atoms with Crippen LogP contribution in [0.2, 0.25) is 0 Å². The first-order valence-corrected chi connectivity index (χ1v) is 3.48. The van der Waals surface area contributed by atoms with Gasteiger partial charge in [-0.05, 0) is 12.1 Å². The van der Waals surface area contributed by atoms with Crippen molar-refractivity contribution in [3.63, 3.8) is 0 Å². The summed E-state index contributed by atoms with van der Waals surface area (Å²) in [5, 5.41) is 9.25. The van der Waals surface area contributed by atoms with E-state index in [0.29, 0.717) is 0 Å². The summed E-state index contributed by atoms with van der Waals surface area (Å²) < 4.78 is 9.37. The van der Waals surface area contributed by atoms with E-state index < -0.39 is 6.09 Å². The Bertz CT molecular complexity index is 324. The fourth-order valence-corrected chi connectivity index (χ4v) is 0.898. The number of ether oxygens (including phenoxy) is 2. The van der Waals surface area contributed by atoms with Gasteiger partial charge in [0.2, 0.25) is 5.75 Å². The van der Waals surface area contributed by atoms with Crippen molar-refractivity contribution < 1.29 is 19.4 Å². The van der Waals surface area contributed by atoms with Crippen LogP contribution in [0, 0.1) is 0 Å². The average molecular weight is 183 g/mol. The molecule has 0 fully saturated rings. The minimum atomic E-state index is -0.955. The second-order valence-electron chi connectivity index (χ2n) is 2.23. The van der Waals surface area contributed by atoms with Crippen molar-refractivity contribution in [2.75, 3.05) is 7.11 Å². The van der Waals surface area contributed by atoms with E-state index >= 15 is 0 Å². The average Bonchev–Trinajstić information content (AvgIpc) is 2.03. The van der Waals surface area contributed by atoms with Crippen molar-refractivity contribution in [3.8, 4) is 17.2 Å². The molecular formula is C8H9NO4. The van der Waals surface area contributed by atoms with E-state index in [0.717, 1.165) is 0 Å². The molecule has 0 saturated carbocycles. The first kappa shape index (κ1) is 9.18. The Morgan fingerprint density at radius 2 is 2.23 bits per heavy atom. The number of primary amides is 1. The summed E-state index contributed by atoms with van der Waals surface area (Å²) in [4.78, 5) is 10.4. The summed E-state index contributed by atoms with van der Waals surface area (Å²) in [7, 11) is 1.35. The van der Waals surface area contributed by atoms with E-state index in [9.17, 15) is 9.90 Å². The van der Waals surface area contributed by atoms with Crippen LogP contribution in [-0.4, -0.2) is 18.3 Å². The van der Waals surface area contributed by atoms with E-state index in [1.807, 2.05) is 0 Å². The van der Waals surface area contributed by atoms with Crippen molar-refractivity contribution in [1.29, 1.82) is 0 Å². The number of nitrogens with two attached hydrogens (primary N) is 1. The molecule has 0 unspecified atom stereocenters. The number of methoxy groups -OCH3 is 1. The van der Waals surface area contributed by atoms with Gasteiger partial charge in [-0.2, -0.15) is 0 Å². The van der Waals surface area contributed by atoms with Crippen LogP contribution in [0.3, 0.4) is 0 Å². The number of rotatable bonds is 2. The maximum absolute atomic E-state index is 10.4. The minimum Gasteiger partial charge on any atom is -0.504 e. The van der Waals surface area contributed by atoms with Gasteiger partial charge in [0.1, 0.15) is 0 Å². The molecule has 0 heterocycles. The molecule has 0 aromatic heterocycles. The molecule has 3 N–H and O–H groups in total. The lowest BCUT2D eigenvalue weighted by Gasteiger charge is -2.07. The number of amides is 1. The molecule has 1 aromatic rings. The van der Waals surface area contributed by atoms with Gasteiger partial charge in [0, 0.05) is 0 Å². The summed E-state index contributed by atoms with van der Waals surface area (Å²) >= 11 is 0. The molecule has 0 bridgehead atoms. The van der Waals surface area contributed by atoms with Crippen molar-refractivity contribution >= 4 is 6.09 Å². The Labute approximate surface area is 74.7 Å². The van der Waals surface area contributed by atoms with Gasteiger partial charge < -0.3 is 20.3 Å². The van der Waals surface area contributed by atoms with E-state index in [4.69, 9.17) is 10.5 Å². The van der Waals surface area contributed by atoms with Crippen LogP contribution in [-0.2, 0) is 0 Å². The molecule has 0 saturated heterocycles. The summed E-state index contributed by atoms with van der Waals surface area (Å²) in [6.07, 6.45) is -0.955. The number of benzene rings is 1. The third-order valence-corrected chi connectivity index (χ3v) is 1.37. The van der Waals surface area contributed by atoms with E-state index in [1.165, 1.54) is 25.3 Å². The van der Waals surface area contributed by atoms with E-state index in [2.05, 4.69) is 4.74 Å². The van der Waals surface area contributed by atoms with Crippen molar-refractivity contribution in [2.45, 2.75) is 0 Å². The second-order valence-corrected chi connectivity index (χ2v) is 2.23. The zero-order valence-electron chi connectivity index (χ0n) is 6.98. The number of carbonyl (C=O) groups excluding carboxylic acids is 1. The Kier molecular flexibility index (Phi) is 2.59. The van der Waals surface area contributed by atoms with Gasteiger partial charge in [-0.3, -0.25) is 0 Å². The Morgan fingerprint density at radius 3 is 2.77 bits per heavy atom. The predicted octanol–water partition coefficient (Wildman–Crippen LogP) is 0.858. The fraction of sp³-hybridized carbons (Fsp3) is 0.125. The molecule has 1 aromatic carbocycles. The first-order chi connectivity index (χ1) is 6.15. The highest BCUT2D eigenvalue weighted by Crippen LogP contribution is 2.35. The minimum absolute atomic E-state index is 0.0845. The quantitative estimate of drug-likeness (QED) is 0.712. The molecule has 0 radical (unpaired) electrons. The topological polar surface area (TPSA) is 81.8 Å². The lowest BCUT2D eigenvalue weighted by molar-refractivity contribution is 0.208. The highest BCUT2D eigenvalue weighted by Gasteiger charge is 2.10. The van der Waals surface area contributed by atoms with Crippen molar-refractivity contribution in [2.24, 2.45) is 5.73 Å². The SMILES string of the molecule is COc1c(O)cccc1OC(N)=O. The van der Waals surface area contributed by atoms with Crippen molar-refractivity contribution in [1.82, 2.24) is 0 Å². The molecule has 70 valence electrons. The smallest absolute Gasteiger partial charge is 0.410 e. The Morgan fingerprint density at radius 1 is 1.54 bits per heavy atom. The molecule has 0 aliphatic rings. The second kappa shape index (κ2) is 3.66. The molecule has 0 atom stereocenters. The zero-order chi connectivity index (χ0) is 9.84. The highest BCUT2D eigenvalue weighted by atomic mass is 16.6. The van der Waals surface area contributed by atoms with Crippen LogP contribution in [0.4, 0.5) is 4.79 Å². The zero-order valence-corrected chi connectivity index (χ0v) is 6.98.